The Morgan fingerprint density at radius 2 is 2.00 bits per heavy atom. The van der Waals surface area contributed by atoms with E-state index < -0.39 is 0 Å². The van der Waals surface area contributed by atoms with E-state index in [1.54, 1.807) is 0 Å². The van der Waals surface area contributed by atoms with Gasteiger partial charge in [0, 0.05) is 24.7 Å². The average molecular weight is 342 g/mol. The molecule has 0 radical (unpaired) electrons. The maximum absolute atomic E-state index is 12.7. The standard InChI is InChI=1S/C21H30N2O2/c1-4-16-9-5-6-10-18(16)22-21(25)17-12-20(24)23(13-17)19-11-7-8-14(2)15(19)3/h5-6,9-10,14-15,17,19H,4,7-8,11-13H2,1-3H3,(H,22,25)/t14-,15-,17-,19-/m0/s1. The van der Waals surface area contributed by atoms with E-state index in [1.807, 2.05) is 29.2 Å². The zero-order chi connectivity index (χ0) is 18.0. The first-order valence-electron chi connectivity index (χ1n) is 9.69. The first-order valence-corrected chi connectivity index (χ1v) is 9.69. The number of likely N-dealkylation sites (tertiary alicyclic amines) is 1. The second-order valence-corrected chi connectivity index (χ2v) is 7.78. The van der Waals surface area contributed by atoms with Crippen molar-refractivity contribution in [3.05, 3.63) is 29.8 Å². The predicted octanol–water partition coefficient (Wildman–Crippen LogP) is 3.86. The minimum atomic E-state index is -0.234. The van der Waals surface area contributed by atoms with Crippen LogP contribution in [0, 0.1) is 17.8 Å². The SMILES string of the molecule is CCc1ccccc1NC(=O)[C@H]1CC(=O)N([C@H]2CCC[C@H](C)[C@@H]2C)C1. The second kappa shape index (κ2) is 7.59. The number of nitrogens with one attached hydrogen (secondary N) is 1. The molecule has 1 aliphatic heterocycles. The summed E-state index contributed by atoms with van der Waals surface area (Å²) in [6, 6.07) is 8.20. The van der Waals surface area contributed by atoms with Gasteiger partial charge in [-0.2, -0.15) is 0 Å². The molecular formula is C21H30N2O2. The Morgan fingerprint density at radius 1 is 1.24 bits per heavy atom. The van der Waals surface area contributed by atoms with E-state index in [4.69, 9.17) is 0 Å². The van der Waals surface area contributed by atoms with Crippen molar-refractivity contribution in [2.75, 3.05) is 11.9 Å². The van der Waals surface area contributed by atoms with Crippen LogP contribution in [0.1, 0.15) is 52.0 Å². The highest BCUT2D eigenvalue weighted by Crippen LogP contribution is 2.36. The quantitative estimate of drug-likeness (QED) is 0.903. The van der Waals surface area contributed by atoms with Gasteiger partial charge in [0.05, 0.1) is 5.92 Å². The number of carbonyl (C=O) groups excluding carboxylic acids is 2. The lowest BCUT2D eigenvalue weighted by Crippen LogP contribution is -2.45. The number of rotatable bonds is 4. The summed E-state index contributed by atoms with van der Waals surface area (Å²) in [5.74, 6) is 1.06. The monoisotopic (exact) mass is 342 g/mol. The van der Waals surface area contributed by atoms with Crippen LogP contribution in [0.25, 0.3) is 0 Å². The highest BCUT2D eigenvalue weighted by Gasteiger charge is 2.41. The molecular weight excluding hydrogens is 312 g/mol. The molecule has 1 aromatic rings. The van der Waals surface area contributed by atoms with E-state index >= 15 is 0 Å². The van der Waals surface area contributed by atoms with Gasteiger partial charge < -0.3 is 10.2 Å². The lowest BCUT2D eigenvalue weighted by Gasteiger charge is -2.40. The van der Waals surface area contributed by atoms with E-state index in [1.165, 1.54) is 12.8 Å². The number of hydrogen-bond acceptors (Lipinski definition) is 2. The first-order chi connectivity index (χ1) is 12.0. The van der Waals surface area contributed by atoms with Gasteiger partial charge in [0.15, 0.2) is 0 Å². The van der Waals surface area contributed by atoms with Gasteiger partial charge in [-0.3, -0.25) is 9.59 Å². The molecule has 1 saturated carbocycles. The van der Waals surface area contributed by atoms with Crippen molar-refractivity contribution in [2.24, 2.45) is 17.8 Å². The highest BCUT2D eigenvalue weighted by atomic mass is 16.2. The highest BCUT2D eigenvalue weighted by molar-refractivity contribution is 5.97. The third-order valence-electron chi connectivity index (χ3n) is 6.25. The molecule has 2 aliphatic rings. The maximum atomic E-state index is 12.7. The minimum absolute atomic E-state index is 0.0201. The third kappa shape index (κ3) is 3.73. The molecule has 0 unspecified atom stereocenters. The van der Waals surface area contributed by atoms with Gasteiger partial charge in [0.25, 0.3) is 0 Å². The van der Waals surface area contributed by atoms with Gasteiger partial charge in [-0.15, -0.1) is 0 Å². The van der Waals surface area contributed by atoms with E-state index in [0.717, 1.165) is 24.1 Å². The third-order valence-corrected chi connectivity index (χ3v) is 6.25. The molecule has 0 spiro atoms. The molecule has 0 bridgehead atoms. The summed E-state index contributed by atoms with van der Waals surface area (Å²) in [6.45, 7) is 7.19. The van der Waals surface area contributed by atoms with Crippen molar-refractivity contribution in [3.8, 4) is 0 Å². The number of hydrogen-bond donors (Lipinski definition) is 1. The van der Waals surface area contributed by atoms with Gasteiger partial charge >= 0.3 is 0 Å². The fourth-order valence-electron chi connectivity index (χ4n) is 4.41. The summed E-state index contributed by atoms with van der Waals surface area (Å²) in [5, 5.41) is 3.05. The van der Waals surface area contributed by atoms with Crippen LogP contribution in [0.2, 0.25) is 0 Å². The lowest BCUT2D eigenvalue weighted by atomic mass is 9.77. The number of carbonyl (C=O) groups is 2. The van der Waals surface area contributed by atoms with Crippen molar-refractivity contribution >= 4 is 17.5 Å². The van der Waals surface area contributed by atoms with Crippen LogP contribution < -0.4 is 5.32 Å². The maximum Gasteiger partial charge on any atom is 0.229 e. The molecule has 25 heavy (non-hydrogen) atoms. The predicted molar refractivity (Wildman–Crippen MR) is 100 cm³/mol. The first kappa shape index (κ1) is 18.0. The van der Waals surface area contributed by atoms with Gasteiger partial charge in [-0.1, -0.05) is 51.8 Å². The van der Waals surface area contributed by atoms with Crippen molar-refractivity contribution in [1.82, 2.24) is 4.90 Å². The van der Waals surface area contributed by atoms with Gasteiger partial charge in [-0.25, -0.2) is 0 Å². The lowest BCUT2D eigenvalue weighted by molar-refractivity contribution is -0.131. The summed E-state index contributed by atoms with van der Waals surface area (Å²) >= 11 is 0. The Labute approximate surface area is 151 Å². The van der Waals surface area contributed by atoms with E-state index in [0.29, 0.717) is 30.8 Å². The molecule has 2 fully saturated rings. The van der Waals surface area contributed by atoms with Crippen molar-refractivity contribution in [3.63, 3.8) is 0 Å². The normalized spacial score (nSPS) is 29.7. The average Bonchev–Trinajstić information content (AvgIpc) is 2.99. The number of para-hydroxylation sites is 1. The Morgan fingerprint density at radius 3 is 2.76 bits per heavy atom. The Balaban J connectivity index is 1.66. The van der Waals surface area contributed by atoms with E-state index in [-0.39, 0.29) is 17.7 Å². The van der Waals surface area contributed by atoms with Crippen LogP contribution in [0.3, 0.4) is 0 Å². The Bertz CT molecular complexity index is 643. The smallest absolute Gasteiger partial charge is 0.229 e. The number of nitrogens with zero attached hydrogens (tertiary/aromatic N) is 1. The molecule has 0 aromatic heterocycles. The van der Waals surface area contributed by atoms with Crippen molar-refractivity contribution in [2.45, 2.75) is 58.9 Å². The second-order valence-electron chi connectivity index (χ2n) is 7.78. The molecule has 4 atom stereocenters. The topological polar surface area (TPSA) is 49.4 Å². The van der Waals surface area contributed by atoms with Gasteiger partial charge in [-0.05, 0) is 36.3 Å². The fourth-order valence-corrected chi connectivity index (χ4v) is 4.41. The molecule has 4 heteroatoms. The molecule has 1 heterocycles. The Hall–Kier alpha value is -1.84. The van der Waals surface area contributed by atoms with Crippen LogP contribution in [-0.4, -0.2) is 29.3 Å². The summed E-state index contributed by atoms with van der Waals surface area (Å²) in [6.07, 6.45) is 4.73. The molecule has 3 rings (SSSR count). The van der Waals surface area contributed by atoms with E-state index in [2.05, 4.69) is 26.1 Å². The molecule has 1 saturated heterocycles. The van der Waals surface area contributed by atoms with Crippen LogP contribution in [0.4, 0.5) is 5.69 Å². The summed E-state index contributed by atoms with van der Waals surface area (Å²) in [4.78, 5) is 27.3. The zero-order valence-electron chi connectivity index (χ0n) is 15.6. The molecule has 1 aliphatic carbocycles. The van der Waals surface area contributed by atoms with Gasteiger partial charge in [0.1, 0.15) is 0 Å². The van der Waals surface area contributed by atoms with Crippen molar-refractivity contribution in [1.29, 1.82) is 0 Å². The molecule has 4 nitrogen and oxygen atoms in total. The number of anilines is 1. The molecule has 1 N–H and O–H groups in total. The molecule has 1 aromatic carbocycles. The number of benzene rings is 1. The van der Waals surface area contributed by atoms with Crippen LogP contribution >= 0.6 is 0 Å². The summed E-state index contributed by atoms with van der Waals surface area (Å²) in [7, 11) is 0. The van der Waals surface area contributed by atoms with Crippen LogP contribution in [0.15, 0.2) is 24.3 Å². The van der Waals surface area contributed by atoms with Crippen LogP contribution in [0.5, 0.6) is 0 Å². The minimum Gasteiger partial charge on any atom is -0.339 e. The molecule has 2 amide bonds. The summed E-state index contributed by atoms with van der Waals surface area (Å²) in [5.41, 5.74) is 2.01. The van der Waals surface area contributed by atoms with Crippen molar-refractivity contribution < 1.29 is 9.59 Å². The summed E-state index contributed by atoms with van der Waals surface area (Å²) < 4.78 is 0. The number of aryl methyl sites for hydroxylation is 1. The van der Waals surface area contributed by atoms with Gasteiger partial charge in [0.2, 0.25) is 11.8 Å². The zero-order valence-corrected chi connectivity index (χ0v) is 15.6. The largest absolute Gasteiger partial charge is 0.339 e. The fraction of sp³-hybridized carbons (Fsp3) is 0.619. The van der Waals surface area contributed by atoms with E-state index in [9.17, 15) is 9.59 Å². The van der Waals surface area contributed by atoms with Crippen LogP contribution in [-0.2, 0) is 16.0 Å². The number of amides is 2. The Kier molecular flexibility index (Phi) is 5.45. The molecule has 136 valence electrons.